The van der Waals surface area contributed by atoms with Gasteiger partial charge in [-0.15, -0.1) is 0 Å². The second-order valence-corrected chi connectivity index (χ2v) is 22.7. The Balaban J connectivity index is 1.75. The molecular formula is C42H70S. The molecule has 3 fully saturated rings. The third-order valence-electron chi connectivity index (χ3n) is 14.9. The van der Waals surface area contributed by atoms with Crippen LogP contribution in [0.5, 0.6) is 0 Å². The van der Waals surface area contributed by atoms with E-state index in [4.69, 9.17) is 0 Å². The fourth-order valence-electron chi connectivity index (χ4n) is 12.0. The summed E-state index contributed by atoms with van der Waals surface area (Å²) < 4.78 is 0. The molecule has 0 spiro atoms. The fraction of sp³-hybridized carbons (Fsp3) is 0.810. The number of allylic oxidation sites excluding steroid dienone is 8. The van der Waals surface area contributed by atoms with Crippen molar-refractivity contribution in [2.75, 3.05) is 12.0 Å². The number of hydrogen-bond acceptors (Lipinski definition) is 0. The van der Waals surface area contributed by atoms with Gasteiger partial charge in [-0.25, -0.2) is 10.0 Å². The maximum Gasteiger partial charge on any atom is 0.00292 e. The molecule has 0 bridgehead atoms. The van der Waals surface area contributed by atoms with Gasteiger partial charge in [-0.2, -0.15) is 0 Å². The topological polar surface area (TPSA) is 0 Å². The Morgan fingerprint density at radius 2 is 1.19 bits per heavy atom. The van der Waals surface area contributed by atoms with Crippen LogP contribution in [0.4, 0.5) is 0 Å². The van der Waals surface area contributed by atoms with Crippen LogP contribution < -0.4 is 0 Å². The minimum absolute atomic E-state index is 0.187. The van der Waals surface area contributed by atoms with E-state index in [2.05, 4.69) is 140 Å². The van der Waals surface area contributed by atoms with E-state index in [9.17, 15) is 0 Å². The van der Waals surface area contributed by atoms with Crippen molar-refractivity contribution in [1.82, 2.24) is 0 Å². The highest BCUT2D eigenvalue weighted by Crippen LogP contribution is 2.76. The van der Waals surface area contributed by atoms with Gasteiger partial charge in [0.15, 0.2) is 0 Å². The van der Waals surface area contributed by atoms with Gasteiger partial charge in [0, 0.05) is 10.7 Å². The molecule has 5 aliphatic rings. The molecule has 0 aromatic carbocycles. The summed E-state index contributed by atoms with van der Waals surface area (Å²) in [5.74, 6) is 10.1. The van der Waals surface area contributed by atoms with E-state index in [0.29, 0.717) is 17.8 Å². The van der Waals surface area contributed by atoms with Crippen molar-refractivity contribution in [3.8, 4) is 0 Å². The van der Waals surface area contributed by atoms with Gasteiger partial charge >= 0.3 is 0 Å². The van der Waals surface area contributed by atoms with E-state index in [0.717, 1.165) is 57.8 Å². The summed E-state index contributed by atoms with van der Waals surface area (Å²) in [4.78, 5) is 0. The van der Waals surface area contributed by atoms with Gasteiger partial charge in [-0.3, -0.25) is 0 Å². The zero-order chi connectivity index (χ0) is 32.0. The summed E-state index contributed by atoms with van der Waals surface area (Å²) in [6.45, 7) is 35.6. The van der Waals surface area contributed by atoms with Gasteiger partial charge in [-0.1, -0.05) is 133 Å². The van der Waals surface area contributed by atoms with E-state index in [1.165, 1.54) is 18.6 Å². The molecule has 15 atom stereocenters. The molecule has 0 aliphatic heterocycles. The maximum absolute atomic E-state index is 2.92. The summed E-state index contributed by atoms with van der Waals surface area (Å²) >= 11 is 0. The number of hydrogen-bond donors (Lipinski definition) is 0. The second-order valence-electron chi connectivity index (χ2n) is 18.7. The van der Waals surface area contributed by atoms with Gasteiger partial charge in [0.05, 0.1) is 0 Å². The summed E-state index contributed by atoms with van der Waals surface area (Å²) in [5.41, 5.74) is 3.78. The predicted octanol–water partition coefficient (Wildman–Crippen LogP) is 12.0. The number of fused-ring (bicyclic) bond motifs is 4. The minimum atomic E-state index is -0.979. The van der Waals surface area contributed by atoms with Crippen LogP contribution in [-0.4, -0.2) is 22.5 Å². The average molecular weight is 607 g/mol. The molecule has 0 nitrogen and oxygen atoms in total. The van der Waals surface area contributed by atoms with Crippen molar-refractivity contribution in [1.29, 1.82) is 0 Å². The first-order chi connectivity index (χ1) is 19.9. The zero-order valence-corrected chi connectivity index (χ0v) is 31.8. The summed E-state index contributed by atoms with van der Waals surface area (Å²) in [6.07, 6.45) is 21.8. The molecule has 1 heteroatoms. The van der Waals surface area contributed by atoms with E-state index in [-0.39, 0.29) is 16.2 Å². The van der Waals surface area contributed by atoms with Crippen LogP contribution in [0.25, 0.3) is 0 Å². The van der Waals surface area contributed by atoms with Crippen molar-refractivity contribution < 1.29 is 0 Å². The zero-order valence-electron chi connectivity index (χ0n) is 31.0. The molecule has 0 aromatic rings. The van der Waals surface area contributed by atoms with Gasteiger partial charge in [0.2, 0.25) is 0 Å². The average Bonchev–Trinajstić information content (AvgIpc) is 3.38. The Kier molecular flexibility index (Phi) is 8.79. The molecule has 0 heterocycles. The lowest BCUT2D eigenvalue weighted by molar-refractivity contribution is 0.0152. The van der Waals surface area contributed by atoms with Gasteiger partial charge < -0.3 is 0 Å². The molecule has 0 aromatic heterocycles. The molecule has 0 N–H and O–H groups in total. The normalized spacial score (nSPS) is 48.1. The third kappa shape index (κ3) is 4.97. The van der Waals surface area contributed by atoms with E-state index in [1.807, 2.05) is 0 Å². The first-order valence-corrected chi connectivity index (χ1v) is 20.8. The largest absolute Gasteiger partial charge is 0.236 e. The molecular weight excluding hydrogens is 537 g/mol. The second kappa shape index (κ2) is 11.2. The van der Waals surface area contributed by atoms with Crippen molar-refractivity contribution in [2.45, 2.75) is 120 Å². The van der Waals surface area contributed by atoms with Gasteiger partial charge in [-0.05, 0) is 117 Å². The van der Waals surface area contributed by atoms with Crippen molar-refractivity contribution in [3.63, 3.8) is 0 Å². The lowest BCUT2D eigenvalue weighted by atomic mass is 9.58. The maximum atomic E-state index is 2.92. The first-order valence-electron chi connectivity index (χ1n) is 18.4. The Morgan fingerprint density at radius 1 is 0.651 bits per heavy atom. The Hall–Kier alpha value is -0.690. The van der Waals surface area contributed by atoms with Crippen LogP contribution in [0.3, 0.4) is 0 Å². The highest BCUT2D eigenvalue weighted by molar-refractivity contribution is 8.34. The third-order valence-corrected chi connectivity index (χ3v) is 20.0. The van der Waals surface area contributed by atoms with Crippen molar-refractivity contribution in [2.24, 2.45) is 81.3 Å². The van der Waals surface area contributed by atoms with Crippen LogP contribution in [0.1, 0.15) is 110 Å². The first kappa shape index (κ1) is 33.7. The van der Waals surface area contributed by atoms with Crippen LogP contribution in [-0.2, 0) is 0 Å². The molecule has 0 amide bonds. The van der Waals surface area contributed by atoms with Crippen molar-refractivity contribution in [3.05, 3.63) is 47.6 Å². The van der Waals surface area contributed by atoms with E-state index >= 15 is 0 Å². The smallest absolute Gasteiger partial charge is 0.00292 e. The molecule has 43 heavy (non-hydrogen) atoms. The minimum Gasteiger partial charge on any atom is -0.236 e. The predicted molar refractivity (Wildman–Crippen MR) is 195 cm³/mol. The SMILES string of the molecule is CCCS(C)(C1C(C)C(C)C2C(C)C(C)C(C)C(C)C21)C1C2C=C(C(C)(C)C)C=CC2C2(CC)C=CC(C(C)(C)C)=CC12. The van der Waals surface area contributed by atoms with Crippen LogP contribution in [0.15, 0.2) is 47.6 Å². The molecule has 5 rings (SSSR count). The molecule has 3 saturated carbocycles. The van der Waals surface area contributed by atoms with Crippen LogP contribution >= 0.6 is 10.0 Å². The Bertz CT molecular complexity index is 1170. The molecule has 0 radical (unpaired) electrons. The fourth-order valence-corrected chi connectivity index (χ4v) is 18.1. The van der Waals surface area contributed by atoms with E-state index in [1.54, 1.807) is 11.1 Å². The van der Waals surface area contributed by atoms with Gasteiger partial charge in [0.25, 0.3) is 0 Å². The van der Waals surface area contributed by atoms with Gasteiger partial charge in [0.1, 0.15) is 0 Å². The Labute approximate surface area is 270 Å². The van der Waals surface area contributed by atoms with Crippen molar-refractivity contribution >= 4 is 10.0 Å². The molecule has 5 aliphatic carbocycles. The number of rotatable bonds is 5. The monoisotopic (exact) mass is 607 g/mol. The molecule has 15 unspecified atom stereocenters. The highest BCUT2D eigenvalue weighted by atomic mass is 32.3. The lowest BCUT2D eigenvalue weighted by Gasteiger charge is -2.58. The lowest BCUT2D eigenvalue weighted by Crippen LogP contribution is -2.48. The summed E-state index contributed by atoms with van der Waals surface area (Å²) in [6, 6.07) is 0. The van der Waals surface area contributed by atoms with E-state index < -0.39 is 10.0 Å². The molecule has 0 saturated heterocycles. The quantitative estimate of drug-likeness (QED) is 0.292. The van der Waals surface area contributed by atoms with Crippen LogP contribution in [0, 0.1) is 81.3 Å². The standard InChI is InChI=1S/C42H70S/c1-16-22-43(15,38-30(8)29(7)36-27(5)25(3)26(4)28(6)37(36)38)39-33-23-31(40(9,10)11)18-19-34(33)42(17-2)21-20-32(24-35(39)42)41(12,13)14/h18-21,23-30,33-39H,16-17,22H2,1-15H3. The summed E-state index contributed by atoms with van der Waals surface area (Å²) in [7, 11) is -0.979. The molecule has 244 valence electrons. The summed E-state index contributed by atoms with van der Waals surface area (Å²) in [5, 5.41) is 1.62. The van der Waals surface area contributed by atoms with Crippen LogP contribution in [0.2, 0.25) is 0 Å². The Morgan fingerprint density at radius 3 is 1.72 bits per heavy atom. The highest BCUT2D eigenvalue weighted by Gasteiger charge is 2.66.